The number of hydrogen-bond donors (Lipinski definition) is 0. The average Bonchev–Trinajstić information content (AvgIpc) is 2.87. The summed E-state index contributed by atoms with van der Waals surface area (Å²) in [5, 5.41) is 0.503. The number of carbonyl (C=O) groups excluding carboxylic acids is 4. The van der Waals surface area contributed by atoms with Gasteiger partial charge < -0.3 is 28.4 Å². The predicted molar refractivity (Wildman–Crippen MR) is 143 cm³/mol. The van der Waals surface area contributed by atoms with Gasteiger partial charge in [-0.1, -0.05) is 35.9 Å². The summed E-state index contributed by atoms with van der Waals surface area (Å²) in [6, 6.07) is 12.8. The van der Waals surface area contributed by atoms with Gasteiger partial charge in [0.15, 0.2) is 18.3 Å². The van der Waals surface area contributed by atoms with Crippen LogP contribution in [0.3, 0.4) is 0 Å². The van der Waals surface area contributed by atoms with Gasteiger partial charge in [0.1, 0.15) is 24.6 Å². The molecule has 0 aromatic heterocycles. The smallest absolute Gasteiger partial charge is 0.303 e. The van der Waals surface area contributed by atoms with Crippen molar-refractivity contribution in [1.29, 1.82) is 0 Å². The fourth-order valence-corrected chi connectivity index (χ4v) is 4.68. The molecule has 11 heteroatoms. The van der Waals surface area contributed by atoms with Crippen LogP contribution in [0.15, 0.2) is 42.5 Å². The molecule has 2 aromatic carbocycles. The van der Waals surface area contributed by atoms with E-state index in [0.717, 1.165) is 16.9 Å². The van der Waals surface area contributed by atoms with E-state index in [9.17, 15) is 19.2 Å². The van der Waals surface area contributed by atoms with Crippen LogP contribution in [-0.4, -0.2) is 61.5 Å². The zero-order valence-electron chi connectivity index (χ0n) is 23.0. The lowest BCUT2D eigenvalue weighted by atomic mass is 9.89. The van der Waals surface area contributed by atoms with Crippen LogP contribution in [0, 0.1) is 0 Å². The molecule has 3 rings (SSSR count). The zero-order valence-corrected chi connectivity index (χ0v) is 23.8. The number of ether oxygens (including phenoxy) is 6. The van der Waals surface area contributed by atoms with E-state index >= 15 is 0 Å². The Kier molecular flexibility index (Phi) is 10.9. The van der Waals surface area contributed by atoms with E-state index in [-0.39, 0.29) is 6.61 Å². The minimum atomic E-state index is -1.25. The molecular weight excluding hydrogens is 544 g/mol. The van der Waals surface area contributed by atoms with Crippen LogP contribution in [0.4, 0.5) is 0 Å². The van der Waals surface area contributed by atoms with Crippen molar-refractivity contribution in [2.24, 2.45) is 0 Å². The van der Waals surface area contributed by atoms with Crippen LogP contribution in [-0.2, 0) is 49.3 Å². The molecule has 1 heterocycles. The van der Waals surface area contributed by atoms with Crippen molar-refractivity contribution in [1.82, 2.24) is 0 Å². The van der Waals surface area contributed by atoms with Gasteiger partial charge in [-0.25, -0.2) is 0 Å². The minimum absolute atomic E-state index is 0.305. The normalized spacial score (nSPS) is 22.1. The molecule has 0 amide bonds. The third-order valence-electron chi connectivity index (χ3n) is 6.02. The fourth-order valence-electron chi connectivity index (χ4n) is 4.49. The SMILES string of the molecule is CCOc1ccc(Cc2cc([C@@H]3OC(COC(C)=O)C(OC(C)=O)C(OC(C)=O)[C@H]3OC(C)=O)ccc2Cl)cc1. The first kappa shape index (κ1) is 30.9. The van der Waals surface area contributed by atoms with Gasteiger partial charge in [-0.2, -0.15) is 0 Å². The van der Waals surface area contributed by atoms with E-state index in [4.69, 9.17) is 40.0 Å². The predicted octanol–water partition coefficient (Wildman–Crippen LogP) is 4.13. The van der Waals surface area contributed by atoms with Gasteiger partial charge in [0.05, 0.1) is 6.61 Å². The molecule has 1 aliphatic heterocycles. The van der Waals surface area contributed by atoms with Crippen molar-refractivity contribution in [3.8, 4) is 5.75 Å². The third kappa shape index (κ3) is 8.43. The standard InChI is InChI=1S/C29H33ClO10/c1-6-35-23-10-7-20(8-11-23)13-22-14-21(9-12-24(22)30)26-28(38-18(4)33)29(39-19(5)34)27(37-17(3)32)25(40-26)15-36-16(2)31/h7-12,14,25-29H,6,13,15H2,1-5H3/t25?,26-,27?,28-,29?/m0/s1. The molecule has 0 bridgehead atoms. The first-order chi connectivity index (χ1) is 19.0. The Morgan fingerprint density at radius 3 is 1.98 bits per heavy atom. The van der Waals surface area contributed by atoms with Crippen LogP contribution < -0.4 is 4.74 Å². The highest BCUT2D eigenvalue weighted by Gasteiger charge is 2.52. The Labute approximate surface area is 237 Å². The summed E-state index contributed by atoms with van der Waals surface area (Å²) < 4.78 is 33.5. The summed E-state index contributed by atoms with van der Waals surface area (Å²) in [6.07, 6.45) is -5.23. The first-order valence-corrected chi connectivity index (χ1v) is 13.2. The number of halogens is 1. The monoisotopic (exact) mass is 576 g/mol. The van der Waals surface area contributed by atoms with Crippen molar-refractivity contribution >= 4 is 35.5 Å². The highest BCUT2D eigenvalue weighted by Crippen LogP contribution is 2.39. The summed E-state index contributed by atoms with van der Waals surface area (Å²) in [7, 11) is 0. The topological polar surface area (TPSA) is 124 Å². The van der Waals surface area contributed by atoms with E-state index < -0.39 is 54.4 Å². The maximum atomic E-state index is 12.2. The van der Waals surface area contributed by atoms with E-state index in [1.165, 1.54) is 27.7 Å². The van der Waals surface area contributed by atoms with Gasteiger partial charge in [0, 0.05) is 32.7 Å². The number of rotatable bonds is 10. The Hall–Kier alpha value is -3.63. The molecule has 1 saturated heterocycles. The van der Waals surface area contributed by atoms with Gasteiger partial charge in [-0.15, -0.1) is 0 Å². The maximum absolute atomic E-state index is 12.2. The van der Waals surface area contributed by atoms with Gasteiger partial charge in [-0.05, 0) is 48.2 Å². The maximum Gasteiger partial charge on any atom is 0.303 e. The molecule has 0 N–H and O–H groups in total. The zero-order chi connectivity index (χ0) is 29.4. The van der Waals surface area contributed by atoms with Gasteiger partial charge >= 0.3 is 23.9 Å². The molecule has 0 saturated carbocycles. The molecular formula is C29H33ClO10. The summed E-state index contributed by atoms with van der Waals surface area (Å²) in [4.78, 5) is 47.8. The van der Waals surface area contributed by atoms with E-state index in [1.54, 1.807) is 18.2 Å². The van der Waals surface area contributed by atoms with E-state index in [1.807, 2.05) is 31.2 Å². The molecule has 3 unspecified atom stereocenters. The van der Waals surface area contributed by atoms with Gasteiger partial charge in [0.2, 0.25) is 0 Å². The van der Waals surface area contributed by atoms with Crippen LogP contribution in [0.2, 0.25) is 5.02 Å². The minimum Gasteiger partial charge on any atom is -0.494 e. The number of hydrogen-bond acceptors (Lipinski definition) is 10. The molecule has 1 aliphatic rings. The summed E-state index contributed by atoms with van der Waals surface area (Å²) in [6.45, 7) is 6.94. The van der Waals surface area contributed by atoms with Crippen LogP contribution in [0.25, 0.3) is 0 Å². The largest absolute Gasteiger partial charge is 0.494 e. The highest BCUT2D eigenvalue weighted by molar-refractivity contribution is 6.31. The third-order valence-corrected chi connectivity index (χ3v) is 6.39. The Morgan fingerprint density at radius 1 is 0.800 bits per heavy atom. The lowest BCUT2D eigenvalue weighted by molar-refractivity contribution is -0.254. The number of benzene rings is 2. The molecule has 10 nitrogen and oxygen atoms in total. The second kappa shape index (κ2) is 14.1. The molecule has 0 spiro atoms. The quantitative estimate of drug-likeness (QED) is 0.301. The van der Waals surface area contributed by atoms with E-state index in [0.29, 0.717) is 23.6 Å². The molecule has 5 atom stereocenters. The summed E-state index contributed by atoms with van der Waals surface area (Å²) in [5.41, 5.74) is 2.29. The highest BCUT2D eigenvalue weighted by atomic mass is 35.5. The first-order valence-electron chi connectivity index (χ1n) is 12.8. The van der Waals surface area contributed by atoms with Gasteiger partial charge in [0.25, 0.3) is 0 Å². The second-order valence-electron chi connectivity index (χ2n) is 9.22. The molecule has 40 heavy (non-hydrogen) atoms. The van der Waals surface area contributed by atoms with Crippen LogP contribution in [0.5, 0.6) is 5.75 Å². The molecule has 1 fully saturated rings. The Balaban J connectivity index is 2.03. The lowest BCUT2D eigenvalue weighted by Crippen LogP contribution is -2.59. The van der Waals surface area contributed by atoms with E-state index in [2.05, 4.69) is 0 Å². The van der Waals surface area contributed by atoms with Crippen molar-refractivity contribution in [2.75, 3.05) is 13.2 Å². The van der Waals surface area contributed by atoms with Crippen molar-refractivity contribution in [3.05, 3.63) is 64.2 Å². The average molecular weight is 577 g/mol. The van der Waals surface area contributed by atoms with Gasteiger partial charge in [-0.3, -0.25) is 19.2 Å². The van der Waals surface area contributed by atoms with Crippen molar-refractivity contribution in [3.63, 3.8) is 0 Å². The summed E-state index contributed by atoms with van der Waals surface area (Å²) in [5.74, 6) is -1.89. The lowest BCUT2D eigenvalue weighted by Gasteiger charge is -2.44. The molecule has 0 radical (unpaired) electrons. The van der Waals surface area contributed by atoms with Crippen molar-refractivity contribution < 1.29 is 47.6 Å². The van der Waals surface area contributed by atoms with Crippen molar-refractivity contribution in [2.45, 2.75) is 71.6 Å². The fraction of sp³-hybridized carbons (Fsp3) is 0.448. The second-order valence-corrected chi connectivity index (χ2v) is 9.63. The Morgan fingerprint density at radius 2 is 1.40 bits per heavy atom. The van der Waals surface area contributed by atoms with Crippen LogP contribution in [0.1, 0.15) is 57.4 Å². The Bertz CT molecular complexity index is 1210. The molecule has 2 aromatic rings. The number of carbonyl (C=O) groups is 4. The summed E-state index contributed by atoms with van der Waals surface area (Å²) >= 11 is 6.54. The number of esters is 4. The van der Waals surface area contributed by atoms with Crippen LogP contribution >= 0.6 is 11.6 Å². The molecule has 216 valence electrons. The molecule has 0 aliphatic carbocycles.